The third kappa shape index (κ3) is 6.43. The summed E-state index contributed by atoms with van der Waals surface area (Å²) < 4.78 is 5.16. The van der Waals surface area contributed by atoms with E-state index in [9.17, 15) is 5.11 Å². The number of nitrogens with one attached hydrogen (secondary N) is 2. The van der Waals surface area contributed by atoms with Gasteiger partial charge in [-0.1, -0.05) is 12.1 Å². The number of nitrogens with zero attached hydrogens (tertiary/aromatic N) is 2. The van der Waals surface area contributed by atoms with Gasteiger partial charge >= 0.3 is 0 Å². The summed E-state index contributed by atoms with van der Waals surface area (Å²) in [4.78, 5) is 8.41. The van der Waals surface area contributed by atoms with Gasteiger partial charge in [-0.25, -0.2) is 0 Å². The van der Waals surface area contributed by atoms with Crippen molar-refractivity contribution >= 4 is 5.96 Å². The van der Waals surface area contributed by atoms with E-state index in [2.05, 4.69) is 32.7 Å². The number of rotatable bonds is 8. The summed E-state index contributed by atoms with van der Waals surface area (Å²) in [6, 6.07) is 11.6. The van der Waals surface area contributed by atoms with Gasteiger partial charge in [0.1, 0.15) is 5.75 Å². The number of pyridine rings is 1. The first-order valence-corrected chi connectivity index (χ1v) is 8.46. The number of guanidine groups is 1. The van der Waals surface area contributed by atoms with E-state index in [1.807, 2.05) is 19.1 Å². The molecule has 0 aliphatic rings. The molecule has 0 aliphatic carbocycles. The third-order valence-corrected chi connectivity index (χ3v) is 3.72. The van der Waals surface area contributed by atoms with E-state index >= 15 is 0 Å². The minimum absolute atomic E-state index is 0.294. The summed E-state index contributed by atoms with van der Waals surface area (Å²) in [5, 5.41) is 16.7. The smallest absolute Gasteiger partial charge is 0.191 e. The SMILES string of the molecule is CCNC(=NCC(O)c1ccncc1)NCCc1ccc(OC)cc1. The molecule has 0 fully saturated rings. The van der Waals surface area contributed by atoms with Crippen molar-refractivity contribution in [3.8, 4) is 5.75 Å². The maximum atomic E-state index is 10.2. The number of benzene rings is 1. The van der Waals surface area contributed by atoms with E-state index in [0.29, 0.717) is 12.5 Å². The largest absolute Gasteiger partial charge is 0.497 e. The second-order valence-corrected chi connectivity index (χ2v) is 5.54. The van der Waals surface area contributed by atoms with E-state index in [1.54, 1.807) is 31.6 Å². The first-order chi connectivity index (χ1) is 12.2. The highest BCUT2D eigenvalue weighted by Crippen LogP contribution is 2.12. The molecule has 1 unspecified atom stereocenters. The van der Waals surface area contributed by atoms with E-state index < -0.39 is 6.10 Å². The Morgan fingerprint density at radius 2 is 1.88 bits per heavy atom. The number of hydrogen-bond acceptors (Lipinski definition) is 4. The molecule has 1 aromatic carbocycles. The zero-order valence-electron chi connectivity index (χ0n) is 14.8. The van der Waals surface area contributed by atoms with Gasteiger partial charge in [-0.05, 0) is 48.7 Å². The lowest BCUT2D eigenvalue weighted by Gasteiger charge is -2.13. The minimum Gasteiger partial charge on any atom is -0.497 e. The zero-order chi connectivity index (χ0) is 17.9. The molecular weight excluding hydrogens is 316 g/mol. The van der Waals surface area contributed by atoms with Gasteiger partial charge in [-0.15, -0.1) is 0 Å². The summed E-state index contributed by atoms with van der Waals surface area (Å²) in [5.74, 6) is 1.56. The highest BCUT2D eigenvalue weighted by Gasteiger charge is 2.07. The normalized spacial score (nSPS) is 12.5. The molecule has 6 heteroatoms. The molecule has 0 saturated heterocycles. The van der Waals surface area contributed by atoms with Gasteiger partial charge in [0.2, 0.25) is 0 Å². The number of ether oxygens (including phenoxy) is 1. The van der Waals surface area contributed by atoms with Gasteiger partial charge in [-0.2, -0.15) is 0 Å². The Bertz CT molecular complexity index is 644. The molecule has 0 bridgehead atoms. The number of aliphatic hydroxyl groups excluding tert-OH is 1. The lowest BCUT2D eigenvalue weighted by molar-refractivity contribution is 0.187. The van der Waals surface area contributed by atoms with Crippen molar-refractivity contribution in [2.45, 2.75) is 19.4 Å². The fraction of sp³-hybridized carbons (Fsp3) is 0.368. The van der Waals surface area contributed by atoms with Crippen LogP contribution in [0.5, 0.6) is 5.75 Å². The summed E-state index contributed by atoms with van der Waals surface area (Å²) in [7, 11) is 1.66. The van der Waals surface area contributed by atoms with Crippen molar-refractivity contribution in [1.82, 2.24) is 15.6 Å². The van der Waals surface area contributed by atoms with Gasteiger partial charge in [-0.3, -0.25) is 9.98 Å². The lowest BCUT2D eigenvalue weighted by Crippen LogP contribution is -2.38. The Kier molecular flexibility index (Phi) is 7.72. The number of aromatic nitrogens is 1. The van der Waals surface area contributed by atoms with E-state index in [4.69, 9.17) is 4.74 Å². The molecule has 0 amide bonds. The van der Waals surface area contributed by atoms with Crippen LogP contribution in [-0.2, 0) is 6.42 Å². The quantitative estimate of drug-likeness (QED) is 0.505. The Morgan fingerprint density at radius 3 is 2.52 bits per heavy atom. The Labute approximate surface area is 149 Å². The van der Waals surface area contributed by atoms with Crippen LogP contribution in [0.2, 0.25) is 0 Å². The first kappa shape index (κ1) is 18.7. The molecule has 25 heavy (non-hydrogen) atoms. The van der Waals surface area contributed by atoms with Crippen molar-refractivity contribution in [3.05, 3.63) is 59.9 Å². The summed E-state index contributed by atoms with van der Waals surface area (Å²) in [5.41, 5.74) is 2.04. The summed E-state index contributed by atoms with van der Waals surface area (Å²) in [6.45, 7) is 3.82. The summed E-state index contributed by atoms with van der Waals surface area (Å²) >= 11 is 0. The average Bonchev–Trinajstić information content (AvgIpc) is 2.67. The van der Waals surface area contributed by atoms with Crippen molar-refractivity contribution in [2.24, 2.45) is 4.99 Å². The van der Waals surface area contributed by atoms with Crippen molar-refractivity contribution in [2.75, 3.05) is 26.7 Å². The second-order valence-electron chi connectivity index (χ2n) is 5.54. The van der Waals surface area contributed by atoms with E-state index in [1.165, 1.54) is 5.56 Å². The fourth-order valence-electron chi connectivity index (χ4n) is 2.33. The Morgan fingerprint density at radius 1 is 1.16 bits per heavy atom. The number of aliphatic hydroxyl groups is 1. The third-order valence-electron chi connectivity index (χ3n) is 3.72. The van der Waals surface area contributed by atoms with Gasteiger partial charge < -0.3 is 20.5 Å². The predicted molar refractivity (Wildman–Crippen MR) is 99.9 cm³/mol. The van der Waals surface area contributed by atoms with Gasteiger partial charge in [0.05, 0.1) is 19.8 Å². The molecule has 3 N–H and O–H groups in total. The van der Waals surface area contributed by atoms with Crippen LogP contribution in [0.25, 0.3) is 0 Å². The molecular formula is C19H26N4O2. The number of methoxy groups -OCH3 is 1. The molecule has 0 radical (unpaired) electrons. The van der Waals surface area contributed by atoms with Crippen LogP contribution in [-0.4, -0.2) is 42.8 Å². The van der Waals surface area contributed by atoms with Crippen molar-refractivity contribution in [3.63, 3.8) is 0 Å². The fourth-order valence-corrected chi connectivity index (χ4v) is 2.33. The number of aliphatic imine (C=N–C) groups is 1. The van der Waals surface area contributed by atoms with E-state index in [-0.39, 0.29) is 0 Å². The Hall–Kier alpha value is -2.60. The monoisotopic (exact) mass is 342 g/mol. The maximum absolute atomic E-state index is 10.2. The second kappa shape index (κ2) is 10.3. The van der Waals surface area contributed by atoms with Crippen LogP contribution in [0.3, 0.4) is 0 Å². The maximum Gasteiger partial charge on any atom is 0.191 e. The minimum atomic E-state index is -0.639. The standard InChI is InChI=1S/C19H26N4O2/c1-3-21-19(23-14-18(24)16-9-11-20-12-10-16)22-13-8-15-4-6-17(25-2)7-5-15/h4-7,9-12,18,24H,3,8,13-14H2,1-2H3,(H2,21,22,23). The molecule has 1 heterocycles. The zero-order valence-corrected chi connectivity index (χ0v) is 14.8. The lowest BCUT2D eigenvalue weighted by atomic mass is 10.1. The van der Waals surface area contributed by atoms with Crippen molar-refractivity contribution < 1.29 is 9.84 Å². The number of hydrogen-bond donors (Lipinski definition) is 3. The molecule has 6 nitrogen and oxygen atoms in total. The highest BCUT2D eigenvalue weighted by molar-refractivity contribution is 5.79. The summed E-state index contributed by atoms with van der Waals surface area (Å²) in [6.07, 6.45) is 3.57. The molecule has 0 aliphatic heterocycles. The van der Waals surface area contributed by atoms with Gasteiger partial charge in [0.15, 0.2) is 5.96 Å². The molecule has 1 atom stereocenters. The van der Waals surface area contributed by atoms with E-state index in [0.717, 1.165) is 30.8 Å². The van der Waals surface area contributed by atoms with Crippen molar-refractivity contribution in [1.29, 1.82) is 0 Å². The molecule has 2 aromatic rings. The van der Waals surface area contributed by atoms with Gasteiger partial charge in [0, 0.05) is 25.5 Å². The van der Waals surface area contributed by atoms with Crippen LogP contribution >= 0.6 is 0 Å². The molecule has 134 valence electrons. The predicted octanol–water partition coefficient (Wildman–Crippen LogP) is 1.92. The van der Waals surface area contributed by atoms with Crippen LogP contribution in [0, 0.1) is 0 Å². The van der Waals surface area contributed by atoms with Crippen LogP contribution < -0.4 is 15.4 Å². The topological polar surface area (TPSA) is 78.8 Å². The Balaban J connectivity index is 1.84. The average molecular weight is 342 g/mol. The van der Waals surface area contributed by atoms with Crippen LogP contribution in [0.4, 0.5) is 0 Å². The van der Waals surface area contributed by atoms with Crippen LogP contribution in [0.1, 0.15) is 24.2 Å². The first-order valence-electron chi connectivity index (χ1n) is 8.46. The van der Waals surface area contributed by atoms with Gasteiger partial charge in [0.25, 0.3) is 0 Å². The highest BCUT2D eigenvalue weighted by atomic mass is 16.5. The molecule has 0 spiro atoms. The van der Waals surface area contributed by atoms with Crippen LogP contribution in [0.15, 0.2) is 53.8 Å². The molecule has 1 aromatic heterocycles. The molecule has 2 rings (SSSR count). The molecule has 0 saturated carbocycles.